The highest BCUT2D eigenvalue weighted by atomic mass is 16.2. The number of urea groups is 1. The molecular formula is C15H23N3O. The van der Waals surface area contributed by atoms with E-state index in [1.54, 1.807) is 0 Å². The number of hydrogen-bond acceptors (Lipinski definition) is 2. The number of carbonyl (C=O) groups is 1. The van der Waals surface area contributed by atoms with E-state index in [-0.39, 0.29) is 6.03 Å². The van der Waals surface area contributed by atoms with Crippen LogP contribution in [0.5, 0.6) is 0 Å². The lowest BCUT2D eigenvalue weighted by atomic mass is 9.96. The smallest absolute Gasteiger partial charge is 0.319 e. The normalized spacial score (nSPS) is 16.1. The van der Waals surface area contributed by atoms with Crippen LogP contribution >= 0.6 is 0 Å². The lowest BCUT2D eigenvalue weighted by molar-refractivity contribution is 0.244. The lowest BCUT2D eigenvalue weighted by Gasteiger charge is -2.22. The number of carbonyl (C=O) groups excluding carboxylic acids is 1. The number of rotatable bonds is 4. The van der Waals surface area contributed by atoms with Gasteiger partial charge in [-0.25, -0.2) is 4.79 Å². The lowest BCUT2D eigenvalue weighted by Crippen LogP contribution is -2.39. The van der Waals surface area contributed by atoms with Crippen molar-refractivity contribution in [3.05, 3.63) is 29.8 Å². The van der Waals surface area contributed by atoms with Crippen molar-refractivity contribution in [3.63, 3.8) is 0 Å². The van der Waals surface area contributed by atoms with Gasteiger partial charge in [-0.1, -0.05) is 31.4 Å². The Morgan fingerprint density at radius 1 is 1.26 bits per heavy atom. The van der Waals surface area contributed by atoms with E-state index in [9.17, 15) is 4.79 Å². The number of anilines is 1. The van der Waals surface area contributed by atoms with Crippen molar-refractivity contribution in [2.75, 3.05) is 11.9 Å². The molecule has 4 N–H and O–H groups in total. The van der Waals surface area contributed by atoms with Crippen LogP contribution in [0.3, 0.4) is 0 Å². The molecule has 2 amide bonds. The maximum Gasteiger partial charge on any atom is 0.319 e. The molecule has 0 bridgehead atoms. The first kappa shape index (κ1) is 13.9. The van der Waals surface area contributed by atoms with E-state index in [1.807, 2.05) is 24.3 Å². The highest BCUT2D eigenvalue weighted by Crippen LogP contribution is 2.17. The van der Waals surface area contributed by atoms with Crippen molar-refractivity contribution < 1.29 is 4.79 Å². The molecule has 1 aromatic rings. The van der Waals surface area contributed by atoms with Crippen LogP contribution in [-0.4, -0.2) is 18.6 Å². The van der Waals surface area contributed by atoms with E-state index in [0.29, 0.717) is 12.6 Å². The Hall–Kier alpha value is -1.55. The van der Waals surface area contributed by atoms with E-state index >= 15 is 0 Å². The van der Waals surface area contributed by atoms with Crippen molar-refractivity contribution >= 4 is 11.7 Å². The first-order valence-electron chi connectivity index (χ1n) is 7.14. The SMILES string of the molecule is NCCc1cccc(NC(=O)NC2CCCCC2)c1. The minimum atomic E-state index is -0.100. The summed E-state index contributed by atoms with van der Waals surface area (Å²) in [5, 5.41) is 5.94. The Morgan fingerprint density at radius 2 is 2.05 bits per heavy atom. The van der Waals surface area contributed by atoms with Crippen molar-refractivity contribution in [1.29, 1.82) is 0 Å². The summed E-state index contributed by atoms with van der Waals surface area (Å²) < 4.78 is 0. The fraction of sp³-hybridized carbons (Fsp3) is 0.533. The van der Waals surface area contributed by atoms with Crippen LogP contribution < -0.4 is 16.4 Å². The van der Waals surface area contributed by atoms with Crippen LogP contribution in [-0.2, 0) is 6.42 Å². The predicted molar refractivity (Wildman–Crippen MR) is 78.2 cm³/mol. The number of hydrogen-bond donors (Lipinski definition) is 3. The molecule has 1 aliphatic rings. The van der Waals surface area contributed by atoms with Crippen molar-refractivity contribution in [3.8, 4) is 0 Å². The molecule has 0 unspecified atom stereocenters. The number of amides is 2. The molecule has 0 saturated heterocycles. The minimum Gasteiger partial charge on any atom is -0.335 e. The second kappa shape index (κ2) is 7.14. The number of nitrogens with two attached hydrogens (primary N) is 1. The highest BCUT2D eigenvalue weighted by Gasteiger charge is 2.15. The van der Waals surface area contributed by atoms with Gasteiger partial charge in [0.1, 0.15) is 0 Å². The predicted octanol–water partition coefficient (Wildman–Crippen LogP) is 2.64. The Labute approximate surface area is 114 Å². The zero-order valence-electron chi connectivity index (χ0n) is 11.3. The second-order valence-electron chi connectivity index (χ2n) is 5.17. The van der Waals surface area contributed by atoms with Crippen molar-refractivity contribution in [2.24, 2.45) is 5.73 Å². The van der Waals surface area contributed by atoms with Gasteiger partial charge in [0.25, 0.3) is 0 Å². The quantitative estimate of drug-likeness (QED) is 0.780. The van der Waals surface area contributed by atoms with Gasteiger partial charge in [0.15, 0.2) is 0 Å². The first-order chi connectivity index (χ1) is 9.28. The van der Waals surface area contributed by atoms with Crippen LogP contribution in [0.15, 0.2) is 24.3 Å². The molecule has 1 fully saturated rings. The monoisotopic (exact) mass is 261 g/mol. The van der Waals surface area contributed by atoms with Gasteiger partial charge in [-0.15, -0.1) is 0 Å². The molecule has 1 saturated carbocycles. The average Bonchev–Trinajstić information content (AvgIpc) is 2.40. The van der Waals surface area contributed by atoms with E-state index in [2.05, 4.69) is 10.6 Å². The molecule has 0 aliphatic heterocycles. The van der Waals surface area contributed by atoms with Gasteiger partial charge in [-0.05, 0) is 43.5 Å². The standard InChI is InChI=1S/C15H23N3O/c16-10-9-12-5-4-8-14(11-12)18-15(19)17-13-6-2-1-3-7-13/h4-5,8,11,13H,1-3,6-7,9-10,16H2,(H2,17,18,19). The van der Waals surface area contributed by atoms with Gasteiger partial charge in [0.05, 0.1) is 0 Å². The first-order valence-corrected chi connectivity index (χ1v) is 7.14. The molecule has 4 heteroatoms. The van der Waals surface area contributed by atoms with Gasteiger partial charge >= 0.3 is 6.03 Å². The molecule has 0 radical (unpaired) electrons. The largest absolute Gasteiger partial charge is 0.335 e. The molecule has 0 heterocycles. The van der Waals surface area contributed by atoms with Gasteiger partial charge in [0.2, 0.25) is 0 Å². The average molecular weight is 261 g/mol. The molecule has 1 aliphatic carbocycles. The van der Waals surface area contributed by atoms with Crippen LogP contribution in [0.1, 0.15) is 37.7 Å². The molecule has 104 valence electrons. The molecule has 0 spiro atoms. The van der Waals surface area contributed by atoms with Gasteiger partial charge in [-0.3, -0.25) is 0 Å². The molecule has 2 rings (SSSR count). The summed E-state index contributed by atoms with van der Waals surface area (Å²) in [7, 11) is 0. The third kappa shape index (κ3) is 4.56. The molecule has 1 aromatic carbocycles. The fourth-order valence-corrected chi connectivity index (χ4v) is 2.57. The summed E-state index contributed by atoms with van der Waals surface area (Å²) >= 11 is 0. The Kier molecular flexibility index (Phi) is 5.21. The van der Waals surface area contributed by atoms with E-state index < -0.39 is 0 Å². The zero-order chi connectivity index (χ0) is 13.5. The van der Waals surface area contributed by atoms with Gasteiger partial charge in [0, 0.05) is 11.7 Å². The topological polar surface area (TPSA) is 67.1 Å². The van der Waals surface area contributed by atoms with Gasteiger partial charge < -0.3 is 16.4 Å². The Balaban J connectivity index is 1.85. The van der Waals surface area contributed by atoms with E-state index in [1.165, 1.54) is 19.3 Å². The summed E-state index contributed by atoms with van der Waals surface area (Å²) in [5.41, 5.74) is 7.52. The van der Waals surface area contributed by atoms with Gasteiger partial charge in [-0.2, -0.15) is 0 Å². The minimum absolute atomic E-state index is 0.100. The molecular weight excluding hydrogens is 238 g/mol. The fourth-order valence-electron chi connectivity index (χ4n) is 2.57. The Morgan fingerprint density at radius 3 is 2.79 bits per heavy atom. The summed E-state index contributed by atoms with van der Waals surface area (Å²) in [6.45, 7) is 0.623. The third-order valence-corrected chi connectivity index (χ3v) is 3.56. The summed E-state index contributed by atoms with van der Waals surface area (Å²) in [5.74, 6) is 0. The zero-order valence-corrected chi connectivity index (χ0v) is 11.3. The second-order valence-corrected chi connectivity index (χ2v) is 5.17. The van der Waals surface area contributed by atoms with Crippen LogP contribution in [0.2, 0.25) is 0 Å². The van der Waals surface area contributed by atoms with Crippen molar-refractivity contribution in [2.45, 2.75) is 44.6 Å². The summed E-state index contributed by atoms with van der Waals surface area (Å²) in [6, 6.07) is 8.09. The highest BCUT2D eigenvalue weighted by molar-refractivity contribution is 5.89. The van der Waals surface area contributed by atoms with Crippen LogP contribution in [0, 0.1) is 0 Å². The maximum absolute atomic E-state index is 11.9. The maximum atomic E-state index is 11.9. The molecule has 4 nitrogen and oxygen atoms in total. The Bertz CT molecular complexity index is 414. The van der Waals surface area contributed by atoms with E-state index in [4.69, 9.17) is 5.73 Å². The van der Waals surface area contributed by atoms with Crippen LogP contribution in [0.25, 0.3) is 0 Å². The number of nitrogens with one attached hydrogen (secondary N) is 2. The van der Waals surface area contributed by atoms with Crippen molar-refractivity contribution in [1.82, 2.24) is 5.32 Å². The van der Waals surface area contributed by atoms with Crippen LogP contribution in [0.4, 0.5) is 10.5 Å². The molecule has 19 heavy (non-hydrogen) atoms. The number of benzene rings is 1. The molecule has 0 aromatic heterocycles. The molecule has 0 atom stereocenters. The van der Waals surface area contributed by atoms with E-state index in [0.717, 1.165) is 30.5 Å². The summed E-state index contributed by atoms with van der Waals surface area (Å²) in [4.78, 5) is 11.9. The summed E-state index contributed by atoms with van der Waals surface area (Å²) in [6.07, 6.45) is 6.76. The third-order valence-electron chi connectivity index (χ3n) is 3.56.